The Morgan fingerprint density at radius 2 is 1.72 bits per heavy atom. The minimum Gasteiger partial charge on any atom is -0.465 e. The molecular formula is C23H31N3O5S. The van der Waals surface area contributed by atoms with Crippen LogP contribution in [0.4, 0.5) is 0 Å². The van der Waals surface area contributed by atoms with E-state index in [0.29, 0.717) is 18.7 Å². The number of aliphatic hydroxyl groups excluding tert-OH is 1. The third-order valence-electron chi connectivity index (χ3n) is 5.80. The van der Waals surface area contributed by atoms with Crippen LogP contribution < -0.4 is 0 Å². The van der Waals surface area contributed by atoms with E-state index in [2.05, 4.69) is 9.80 Å². The Bertz CT molecular complexity index is 920. The molecule has 3 rings (SSSR count). The van der Waals surface area contributed by atoms with Gasteiger partial charge in [0, 0.05) is 51.9 Å². The smallest absolute Gasteiger partial charge is 0.337 e. The summed E-state index contributed by atoms with van der Waals surface area (Å²) in [4.78, 5) is 16.2. The van der Waals surface area contributed by atoms with Gasteiger partial charge in [-0.15, -0.1) is 0 Å². The number of rotatable bonds is 10. The molecule has 0 bridgehead atoms. The standard InChI is InChI=1S/C23H31N3O5S/c1-31-23(28)21-9-7-19(8-10-21)17-26(32(29)30)18-22(20-5-3-2-4-6-20)25-13-11-24(12-14-25)15-16-27/h2-10,22,27,32H,11-18H2,1H3. The van der Waals surface area contributed by atoms with Gasteiger partial charge in [0.2, 0.25) is 10.9 Å². The molecule has 1 saturated heterocycles. The van der Waals surface area contributed by atoms with E-state index < -0.39 is 16.9 Å². The fourth-order valence-electron chi connectivity index (χ4n) is 4.01. The van der Waals surface area contributed by atoms with Crippen molar-refractivity contribution in [1.29, 1.82) is 0 Å². The van der Waals surface area contributed by atoms with Crippen molar-refractivity contribution in [3.63, 3.8) is 0 Å². The van der Waals surface area contributed by atoms with Crippen LogP contribution in [0, 0.1) is 0 Å². The monoisotopic (exact) mass is 461 g/mol. The molecule has 0 spiro atoms. The van der Waals surface area contributed by atoms with Gasteiger partial charge in [0.05, 0.1) is 19.3 Å². The van der Waals surface area contributed by atoms with Crippen LogP contribution in [-0.4, -0.2) is 86.6 Å². The molecule has 0 aliphatic carbocycles. The lowest BCUT2D eigenvalue weighted by molar-refractivity contribution is 0.0600. The van der Waals surface area contributed by atoms with Crippen molar-refractivity contribution in [3.05, 3.63) is 71.3 Å². The van der Waals surface area contributed by atoms with Crippen molar-refractivity contribution in [2.24, 2.45) is 0 Å². The molecular weight excluding hydrogens is 430 g/mol. The molecule has 8 nitrogen and oxygen atoms in total. The molecule has 1 aliphatic rings. The molecule has 0 amide bonds. The van der Waals surface area contributed by atoms with Crippen molar-refractivity contribution < 1.29 is 23.1 Å². The molecule has 1 aliphatic heterocycles. The SMILES string of the molecule is COC(=O)c1ccc(CN(CC(c2ccccc2)N2CCN(CCO)CC2)[SH](=O)=O)cc1. The number of nitrogens with zero attached hydrogens (tertiary/aromatic N) is 3. The largest absolute Gasteiger partial charge is 0.465 e. The predicted molar refractivity (Wildman–Crippen MR) is 123 cm³/mol. The first-order valence-electron chi connectivity index (χ1n) is 10.7. The number of piperazine rings is 1. The van der Waals surface area contributed by atoms with Crippen LogP contribution in [0.25, 0.3) is 0 Å². The van der Waals surface area contributed by atoms with E-state index in [9.17, 15) is 18.3 Å². The number of methoxy groups -OCH3 is 1. The molecule has 0 aromatic heterocycles. The highest BCUT2D eigenvalue weighted by Gasteiger charge is 2.27. The van der Waals surface area contributed by atoms with Crippen LogP contribution in [0.2, 0.25) is 0 Å². The normalized spacial score (nSPS) is 16.4. The molecule has 32 heavy (non-hydrogen) atoms. The van der Waals surface area contributed by atoms with Gasteiger partial charge in [-0.25, -0.2) is 13.2 Å². The zero-order valence-electron chi connectivity index (χ0n) is 18.3. The maximum Gasteiger partial charge on any atom is 0.337 e. The Hall–Kier alpha value is -2.30. The van der Waals surface area contributed by atoms with Gasteiger partial charge in [0.1, 0.15) is 0 Å². The first-order chi connectivity index (χ1) is 15.5. The first-order valence-corrected chi connectivity index (χ1v) is 11.8. The highest BCUT2D eigenvalue weighted by molar-refractivity contribution is 7.69. The number of carbonyl (C=O) groups is 1. The zero-order chi connectivity index (χ0) is 22.9. The van der Waals surface area contributed by atoms with E-state index in [1.54, 1.807) is 24.3 Å². The Labute approximate surface area is 191 Å². The summed E-state index contributed by atoms with van der Waals surface area (Å²) < 4.78 is 30.5. The average molecular weight is 462 g/mol. The van der Waals surface area contributed by atoms with Crippen molar-refractivity contribution in [3.8, 4) is 0 Å². The molecule has 1 unspecified atom stereocenters. The minimum absolute atomic E-state index is 0.0743. The lowest BCUT2D eigenvalue weighted by atomic mass is 10.0. The van der Waals surface area contributed by atoms with Crippen LogP contribution in [0.15, 0.2) is 54.6 Å². The second-order valence-electron chi connectivity index (χ2n) is 7.80. The molecule has 2 aromatic rings. The van der Waals surface area contributed by atoms with Crippen LogP contribution in [0.1, 0.15) is 27.5 Å². The molecule has 1 atom stereocenters. The van der Waals surface area contributed by atoms with Crippen molar-refractivity contribution in [2.75, 3.05) is 53.0 Å². The van der Waals surface area contributed by atoms with Gasteiger partial charge < -0.3 is 9.84 Å². The lowest BCUT2D eigenvalue weighted by Crippen LogP contribution is -2.50. The van der Waals surface area contributed by atoms with E-state index in [4.69, 9.17) is 4.74 Å². The Morgan fingerprint density at radius 3 is 2.28 bits per heavy atom. The highest BCUT2D eigenvalue weighted by Crippen LogP contribution is 2.24. The number of carbonyl (C=O) groups excluding carboxylic acids is 1. The summed E-state index contributed by atoms with van der Waals surface area (Å²) in [7, 11) is -1.47. The number of benzene rings is 2. The number of thiol groups is 1. The molecule has 174 valence electrons. The predicted octanol–water partition coefficient (Wildman–Crippen LogP) is 1.15. The third-order valence-corrected chi connectivity index (χ3v) is 6.57. The average Bonchev–Trinajstić information content (AvgIpc) is 2.83. The molecule has 0 radical (unpaired) electrons. The van der Waals surface area contributed by atoms with Gasteiger partial charge in [-0.05, 0) is 23.3 Å². The zero-order valence-corrected chi connectivity index (χ0v) is 19.2. The Kier molecular flexibility index (Phi) is 9.19. The number of ether oxygens (including phenoxy) is 1. The van der Waals surface area contributed by atoms with E-state index >= 15 is 0 Å². The summed E-state index contributed by atoms with van der Waals surface area (Å²) in [6.07, 6.45) is 0. The highest BCUT2D eigenvalue weighted by atomic mass is 32.2. The van der Waals surface area contributed by atoms with Crippen molar-refractivity contribution in [1.82, 2.24) is 14.1 Å². The summed E-state index contributed by atoms with van der Waals surface area (Å²) >= 11 is 0. The van der Waals surface area contributed by atoms with Crippen LogP contribution >= 0.6 is 0 Å². The molecule has 1 N–H and O–H groups in total. The lowest BCUT2D eigenvalue weighted by Gasteiger charge is -2.40. The first kappa shape index (κ1) is 24.3. The van der Waals surface area contributed by atoms with Crippen molar-refractivity contribution >= 4 is 16.9 Å². The van der Waals surface area contributed by atoms with Crippen LogP contribution in [0.3, 0.4) is 0 Å². The number of esters is 1. The number of hydrogen-bond acceptors (Lipinski definition) is 7. The van der Waals surface area contributed by atoms with Gasteiger partial charge in [-0.3, -0.25) is 9.80 Å². The maximum absolute atomic E-state index is 12.1. The summed E-state index contributed by atoms with van der Waals surface area (Å²) in [6, 6.07) is 16.7. The van der Waals surface area contributed by atoms with Crippen LogP contribution in [-0.2, 0) is 22.2 Å². The van der Waals surface area contributed by atoms with Gasteiger partial charge in [0.15, 0.2) is 0 Å². The second kappa shape index (κ2) is 12.1. The summed E-state index contributed by atoms with van der Waals surface area (Å²) in [5, 5.41) is 9.20. The fourth-order valence-corrected chi connectivity index (χ4v) is 4.58. The van der Waals surface area contributed by atoms with Gasteiger partial charge >= 0.3 is 5.97 Å². The van der Waals surface area contributed by atoms with Gasteiger partial charge in [-0.1, -0.05) is 42.5 Å². The third kappa shape index (κ3) is 6.60. The van der Waals surface area contributed by atoms with E-state index in [-0.39, 0.29) is 19.2 Å². The van der Waals surface area contributed by atoms with Crippen molar-refractivity contribution in [2.45, 2.75) is 12.6 Å². The maximum atomic E-state index is 12.1. The summed E-state index contributed by atoms with van der Waals surface area (Å²) in [5.41, 5.74) is 2.31. The van der Waals surface area contributed by atoms with Gasteiger partial charge in [-0.2, -0.15) is 4.31 Å². The summed E-state index contributed by atoms with van der Waals surface area (Å²) in [5.74, 6) is -0.423. The second-order valence-corrected chi connectivity index (χ2v) is 8.84. The van der Waals surface area contributed by atoms with E-state index in [1.807, 2.05) is 30.3 Å². The summed E-state index contributed by atoms with van der Waals surface area (Å²) in [6.45, 7) is 4.64. The van der Waals surface area contributed by atoms with Gasteiger partial charge in [0.25, 0.3) is 0 Å². The molecule has 1 fully saturated rings. The minimum atomic E-state index is -2.80. The Morgan fingerprint density at radius 1 is 1.06 bits per heavy atom. The van der Waals surface area contributed by atoms with E-state index in [1.165, 1.54) is 11.4 Å². The van der Waals surface area contributed by atoms with E-state index in [0.717, 1.165) is 37.3 Å². The number of aliphatic hydroxyl groups is 1. The Balaban J connectivity index is 1.76. The topological polar surface area (TPSA) is 90.4 Å². The number of β-amino-alcohol motifs (C(OH)–C–C–N with tert-alkyl or cyclic N) is 1. The molecule has 9 heteroatoms. The number of hydrogen-bond donors (Lipinski definition) is 2. The molecule has 2 aromatic carbocycles. The van der Waals surface area contributed by atoms with Crippen LogP contribution in [0.5, 0.6) is 0 Å². The molecule has 1 heterocycles. The fraction of sp³-hybridized carbons (Fsp3) is 0.435. The molecule has 0 saturated carbocycles. The quantitative estimate of drug-likeness (QED) is 0.405.